The van der Waals surface area contributed by atoms with E-state index in [1.54, 1.807) is 24.3 Å². The van der Waals surface area contributed by atoms with Gasteiger partial charge in [-0.25, -0.2) is 4.79 Å². The smallest absolute Gasteiger partial charge is 0.335 e. The number of benzene rings is 3. The summed E-state index contributed by atoms with van der Waals surface area (Å²) in [6, 6.07) is 19.2. The normalized spacial score (nSPS) is 11.1. The first-order valence-corrected chi connectivity index (χ1v) is 9.56. The van der Waals surface area contributed by atoms with E-state index < -0.39 is 16.5 Å². The molecule has 2 aliphatic rings. The molecular weight excluding hydrogens is 412 g/mol. The summed E-state index contributed by atoms with van der Waals surface area (Å²) in [5.41, 5.74) is 2.40. The number of aromatic nitrogens is 3. The summed E-state index contributed by atoms with van der Waals surface area (Å²) >= 11 is 0. The van der Waals surface area contributed by atoms with E-state index in [0.717, 1.165) is 10.9 Å². The molecule has 0 atom stereocenters. The first-order chi connectivity index (χ1) is 15.4. The molecule has 5 rings (SSSR count). The van der Waals surface area contributed by atoms with Crippen molar-refractivity contribution < 1.29 is 14.8 Å². The number of nitrogens with one attached hydrogen (secondary N) is 1. The number of para-hydroxylation sites is 1. The van der Waals surface area contributed by atoms with Gasteiger partial charge in [-0.15, -0.1) is 0 Å². The van der Waals surface area contributed by atoms with Crippen molar-refractivity contribution in [3.05, 3.63) is 98.8 Å². The van der Waals surface area contributed by atoms with Gasteiger partial charge in [-0.05, 0) is 42.0 Å². The fraction of sp³-hybridized carbons (Fsp3) is 0. The van der Waals surface area contributed by atoms with E-state index in [1.807, 2.05) is 24.3 Å². The molecule has 0 saturated carbocycles. The summed E-state index contributed by atoms with van der Waals surface area (Å²) in [5.74, 6) is -1.11. The molecule has 0 amide bonds. The summed E-state index contributed by atoms with van der Waals surface area (Å²) in [7, 11) is 0. The van der Waals surface area contributed by atoms with Crippen LogP contribution >= 0.6 is 0 Å². The topological polar surface area (TPSA) is 131 Å². The maximum atomic E-state index is 13.4. The van der Waals surface area contributed by atoms with Crippen molar-refractivity contribution in [1.29, 1.82) is 0 Å². The Kier molecular flexibility index (Phi) is 4.30. The summed E-state index contributed by atoms with van der Waals surface area (Å²) in [6.45, 7) is 0. The Bertz CT molecular complexity index is 1550. The summed E-state index contributed by atoms with van der Waals surface area (Å²) in [5, 5.41) is 25.6. The van der Waals surface area contributed by atoms with Gasteiger partial charge in [-0.3, -0.25) is 14.9 Å². The molecule has 0 bridgehead atoms. The molecule has 0 saturated heterocycles. The van der Waals surface area contributed by atoms with Crippen LogP contribution in [0.15, 0.2) is 77.6 Å². The lowest BCUT2D eigenvalue weighted by molar-refractivity contribution is -0.384. The minimum absolute atomic E-state index is 0.0356. The number of nitro benzene ring substituents is 1. The number of non-ortho nitro benzene ring substituents is 1. The van der Waals surface area contributed by atoms with Crippen LogP contribution in [0.25, 0.3) is 39.1 Å². The van der Waals surface area contributed by atoms with Crippen LogP contribution in [0.2, 0.25) is 0 Å². The Labute approximate surface area is 179 Å². The second-order valence-corrected chi connectivity index (χ2v) is 7.15. The van der Waals surface area contributed by atoms with Crippen LogP contribution in [0.4, 0.5) is 5.69 Å². The third kappa shape index (κ3) is 3.00. The molecule has 0 fully saturated rings. The van der Waals surface area contributed by atoms with Crippen molar-refractivity contribution in [3.63, 3.8) is 0 Å². The van der Waals surface area contributed by atoms with E-state index in [0.29, 0.717) is 28.2 Å². The van der Waals surface area contributed by atoms with Gasteiger partial charge >= 0.3 is 5.97 Å². The molecule has 0 spiro atoms. The van der Waals surface area contributed by atoms with Gasteiger partial charge in [-0.2, -0.15) is 9.78 Å². The lowest BCUT2D eigenvalue weighted by atomic mass is 10.00. The van der Waals surface area contributed by atoms with Crippen molar-refractivity contribution in [2.75, 3.05) is 0 Å². The van der Waals surface area contributed by atoms with Crippen LogP contribution in [0.1, 0.15) is 10.4 Å². The number of pyridine rings is 1. The number of carbonyl (C=O) groups is 1. The largest absolute Gasteiger partial charge is 0.478 e. The Hall–Kier alpha value is -4.79. The minimum Gasteiger partial charge on any atom is -0.478 e. The number of nitro groups is 1. The van der Waals surface area contributed by atoms with Gasteiger partial charge < -0.3 is 10.1 Å². The highest BCUT2D eigenvalue weighted by Crippen LogP contribution is 2.35. The molecule has 2 heterocycles. The number of carboxylic acids is 1. The molecule has 0 unspecified atom stereocenters. The molecule has 9 nitrogen and oxygen atoms in total. The standard InChI is InChI=1S/C23H14N4O5/c28-22-19-20(13-8-10-15(11-9-13)27(31)32)24-18-7-2-1-6-17(18)21(19)25-26(22)16-5-3-4-14(12-16)23(29)30/h1-12,24H,(H,29,30). The highest BCUT2D eigenvalue weighted by Gasteiger charge is 2.25. The van der Waals surface area contributed by atoms with Gasteiger partial charge in [0.15, 0.2) is 0 Å². The van der Waals surface area contributed by atoms with Gasteiger partial charge in [0.05, 0.1) is 27.4 Å². The SMILES string of the molecule is O=C(O)c1cccc(-n2nc3c4ccccc4[nH]c(-c4ccc([N+](=O)[O-])cc4)c-3c2=O)c1. The highest BCUT2D eigenvalue weighted by molar-refractivity contribution is 5.99. The average molecular weight is 426 g/mol. The maximum Gasteiger partial charge on any atom is 0.335 e. The molecule has 32 heavy (non-hydrogen) atoms. The van der Waals surface area contributed by atoms with E-state index >= 15 is 0 Å². The van der Waals surface area contributed by atoms with Crippen LogP contribution < -0.4 is 5.56 Å². The molecular formula is C23H14N4O5. The van der Waals surface area contributed by atoms with Gasteiger partial charge in [0.25, 0.3) is 11.2 Å². The Morgan fingerprint density at radius 1 is 1.03 bits per heavy atom. The number of aromatic amines is 1. The summed E-state index contributed by atoms with van der Waals surface area (Å²) in [6.07, 6.45) is 0. The third-order valence-electron chi connectivity index (χ3n) is 5.24. The molecule has 156 valence electrons. The van der Waals surface area contributed by atoms with Crippen molar-refractivity contribution in [1.82, 2.24) is 14.8 Å². The number of H-pyrrole nitrogens is 1. The third-order valence-corrected chi connectivity index (χ3v) is 5.24. The lowest BCUT2D eigenvalue weighted by Crippen LogP contribution is -2.15. The molecule has 2 aliphatic heterocycles. The zero-order valence-electron chi connectivity index (χ0n) is 16.4. The molecule has 9 heteroatoms. The zero-order chi connectivity index (χ0) is 22.4. The number of carboxylic acid groups (broad SMARTS) is 1. The predicted molar refractivity (Wildman–Crippen MR) is 117 cm³/mol. The molecule has 0 aromatic heterocycles. The van der Waals surface area contributed by atoms with Gasteiger partial charge in [0, 0.05) is 23.0 Å². The molecule has 2 N–H and O–H groups in total. The van der Waals surface area contributed by atoms with Gasteiger partial charge in [-0.1, -0.05) is 24.3 Å². The van der Waals surface area contributed by atoms with E-state index in [1.165, 1.54) is 28.9 Å². The van der Waals surface area contributed by atoms with Crippen LogP contribution in [-0.4, -0.2) is 30.8 Å². The van der Waals surface area contributed by atoms with Gasteiger partial charge in [0.2, 0.25) is 0 Å². The summed E-state index contributed by atoms with van der Waals surface area (Å²) in [4.78, 5) is 38.6. The maximum absolute atomic E-state index is 13.4. The Morgan fingerprint density at radius 3 is 2.50 bits per heavy atom. The fourth-order valence-electron chi connectivity index (χ4n) is 3.72. The van der Waals surface area contributed by atoms with E-state index in [4.69, 9.17) is 0 Å². The van der Waals surface area contributed by atoms with Crippen molar-refractivity contribution in [2.24, 2.45) is 0 Å². The quantitative estimate of drug-likeness (QED) is 0.329. The monoisotopic (exact) mass is 426 g/mol. The number of hydrogen-bond donors (Lipinski definition) is 2. The zero-order valence-corrected chi connectivity index (χ0v) is 16.4. The van der Waals surface area contributed by atoms with Crippen LogP contribution in [-0.2, 0) is 0 Å². The number of aromatic carboxylic acids is 1. The number of fused-ring (bicyclic) bond motifs is 3. The predicted octanol–water partition coefficient (Wildman–Crippen LogP) is 4.09. The van der Waals surface area contributed by atoms with Crippen LogP contribution in [0, 0.1) is 10.1 Å². The number of nitrogens with zero attached hydrogens (tertiary/aromatic N) is 3. The second-order valence-electron chi connectivity index (χ2n) is 7.15. The van der Waals surface area contributed by atoms with Crippen molar-refractivity contribution in [2.45, 2.75) is 0 Å². The Morgan fingerprint density at radius 2 is 1.78 bits per heavy atom. The first kappa shape index (κ1) is 19.2. The molecule has 0 radical (unpaired) electrons. The van der Waals surface area contributed by atoms with E-state index in [9.17, 15) is 24.8 Å². The number of rotatable bonds is 4. The average Bonchev–Trinajstić information content (AvgIpc) is 3.16. The van der Waals surface area contributed by atoms with Gasteiger partial charge in [0.1, 0.15) is 5.69 Å². The minimum atomic E-state index is -1.11. The molecule has 0 aliphatic carbocycles. The highest BCUT2D eigenvalue weighted by atomic mass is 16.6. The second kappa shape index (κ2) is 7.17. The van der Waals surface area contributed by atoms with Crippen LogP contribution in [0.5, 0.6) is 0 Å². The summed E-state index contributed by atoms with van der Waals surface area (Å²) < 4.78 is 1.17. The molecule has 3 aromatic rings. The molecule has 3 aromatic carbocycles. The first-order valence-electron chi connectivity index (χ1n) is 9.56. The number of hydrogen-bond acceptors (Lipinski definition) is 5. The van der Waals surface area contributed by atoms with E-state index in [2.05, 4.69) is 10.1 Å². The lowest BCUT2D eigenvalue weighted by Gasteiger charge is -2.10. The van der Waals surface area contributed by atoms with Crippen molar-refractivity contribution in [3.8, 4) is 28.2 Å². The van der Waals surface area contributed by atoms with Crippen molar-refractivity contribution >= 4 is 22.6 Å². The Balaban J connectivity index is 1.82. The van der Waals surface area contributed by atoms with Crippen LogP contribution in [0.3, 0.4) is 0 Å². The van der Waals surface area contributed by atoms with E-state index in [-0.39, 0.29) is 11.3 Å². The fourth-order valence-corrected chi connectivity index (χ4v) is 3.72.